The van der Waals surface area contributed by atoms with Crippen LogP contribution < -0.4 is 15.4 Å². The van der Waals surface area contributed by atoms with E-state index in [0.29, 0.717) is 23.5 Å². The van der Waals surface area contributed by atoms with Crippen LogP contribution in [0, 0.1) is 6.92 Å². The lowest BCUT2D eigenvalue weighted by Gasteiger charge is -2.15. The van der Waals surface area contributed by atoms with E-state index < -0.39 is 6.10 Å². The van der Waals surface area contributed by atoms with E-state index in [-0.39, 0.29) is 11.8 Å². The molecule has 0 saturated carbocycles. The molecule has 2 amide bonds. The van der Waals surface area contributed by atoms with E-state index in [1.165, 1.54) is 0 Å². The topological polar surface area (TPSA) is 67.4 Å². The minimum Gasteiger partial charge on any atom is -0.481 e. The van der Waals surface area contributed by atoms with Crippen molar-refractivity contribution in [2.45, 2.75) is 26.4 Å². The molecule has 0 aromatic heterocycles. The Hall–Kier alpha value is -3.60. The zero-order chi connectivity index (χ0) is 20.6. The van der Waals surface area contributed by atoms with Crippen LogP contribution in [0.4, 0.5) is 11.4 Å². The summed E-state index contributed by atoms with van der Waals surface area (Å²) in [6.07, 6.45) is -0.368. The molecule has 0 aliphatic rings. The van der Waals surface area contributed by atoms with E-state index in [0.717, 1.165) is 11.1 Å². The molecule has 3 rings (SSSR count). The fraction of sp³-hybridized carbons (Fsp3) is 0.167. The van der Waals surface area contributed by atoms with Gasteiger partial charge in [0.1, 0.15) is 5.75 Å². The second kappa shape index (κ2) is 9.55. The van der Waals surface area contributed by atoms with Crippen molar-refractivity contribution in [1.29, 1.82) is 0 Å². The van der Waals surface area contributed by atoms with Crippen LogP contribution >= 0.6 is 0 Å². The average Bonchev–Trinajstić information content (AvgIpc) is 2.70. The SMILES string of the molecule is Cc1ccc(OC(C)C(=O)Nc2cccc(NC(=O)Cc3ccccc3)c2)cc1. The number of carbonyl (C=O) groups is 2. The lowest BCUT2D eigenvalue weighted by atomic mass is 10.1. The molecule has 5 nitrogen and oxygen atoms in total. The summed E-state index contributed by atoms with van der Waals surface area (Å²) in [5.74, 6) is 0.259. The Morgan fingerprint density at radius 1 is 0.862 bits per heavy atom. The molecule has 0 fully saturated rings. The number of benzene rings is 3. The summed E-state index contributed by atoms with van der Waals surface area (Å²) in [5.41, 5.74) is 3.28. The Bertz CT molecular complexity index is 969. The van der Waals surface area contributed by atoms with Gasteiger partial charge in [0.2, 0.25) is 5.91 Å². The van der Waals surface area contributed by atoms with Crippen LogP contribution in [0.1, 0.15) is 18.1 Å². The number of hydrogen-bond donors (Lipinski definition) is 2. The minimum atomic E-state index is -0.658. The first kappa shape index (κ1) is 20.1. The Kier molecular flexibility index (Phi) is 6.63. The van der Waals surface area contributed by atoms with Gasteiger partial charge in [0.05, 0.1) is 6.42 Å². The molecule has 3 aromatic carbocycles. The zero-order valence-electron chi connectivity index (χ0n) is 16.5. The monoisotopic (exact) mass is 388 g/mol. The zero-order valence-corrected chi connectivity index (χ0v) is 16.5. The van der Waals surface area contributed by atoms with Crippen molar-refractivity contribution < 1.29 is 14.3 Å². The van der Waals surface area contributed by atoms with Gasteiger partial charge >= 0.3 is 0 Å². The number of carbonyl (C=O) groups excluding carboxylic acids is 2. The number of ether oxygens (including phenoxy) is 1. The van der Waals surface area contributed by atoms with Gasteiger partial charge in [-0.2, -0.15) is 0 Å². The third-order valence-corrected chi connectivity index (χ3v) is 4.32. The van der Waals surface area contributed by atoms with Gasteiger partial charge in [-0.3, -0.25) is 9.59 Å². The molecule has 0 radical (unpaired) electrons. The van der Waals surface area contributed by atoms with Crippen molar-refractivity contribution in [2.24, 2.45) is 0 Å². The Balaban J connectivity index is 1.56. The molecule has 0 aliphatic carbocycles. The minimum absolute atomic E-state index is 0.115. The highest BCUT2D eigenvalue weighted by Crippen LogP contribution is 2.17. The van der Waals surface area contributed by atoms with Gasteiger partial charge in [0.15, 0.2) is 6.10 Å². The summed E-state index contributed by atoms with van der Waals surface area (Å²) in [6.45, 7) is 3.69. The molecule has 148 valence electrons. The normalized spacial score (nSPS) is 11.4. The van der Waals surface area contributed by atoms with Crippen molar-refractivity contribution in [3.05, 3.63) is 90.0 Å². The molecule has 3 aromatic rings. The van der Waals surface area contributed by atoms with Gasteiger partial charge in [-0.1, -0.05) is 54.1 Å². The number of anilines is 2. The molecule has 29 heavy (non-hydrogen) atoms. The van der Waals surface area contributed by atoms with Crippen LogP contribution in [0.5, 0.6) is 5.75 Å². The van der Waals surface area contributed by atoms with E-state index >= 15 is 0 Å². The fourth-order valence-electron chi connectivity index (χ4n) is 2.78. The Morgan fingerprint density at radius 3 is 2.21 bits per heavy atom. The van der Waals surface area contributed by atoms with Crippen molar-refractivity contribution in [3.8, 4) is 5.75 Å². The maximum Gasteiger partial charge on any atom is 0.265 e. The van der Waals surface area contributed by atoms with Gasteiger partial charge in [-0.05, 0) is 49.7 Å². The van der Waals surface area contributed by atoms with Gasteiger partial charge < -0.3 is 15.4 Å². The highest BCUT2D eigenvalue weighted by Gasteiger charge is 2.15. The predicted molar refractivity (Wildman–Crippen MR) is 115 cm³/mol. The third-order valence-electron chi connectivity index (χ3n) is 4.32. The summed E-state index contributed by atoms with van der Waals surface area (Å²) < 4.78 is 5.68. The average molecular weight is 388 g/mol. The molecule has 5 heteroatoms. The Labute approximate surface area is 170 Å². The van der Waals surface area contributed by atoms with Crippen LogP contribution in [0.25, 0.3) is 0 Å². The first-order valence-corrected chi connectivity index (χ1v) is 9.47. The van der Waals surface area contributed by atoms with Crippen LogP contribution in [-0.2, 0) is 16.0 Å². The number of amides is 2. The van der Waals surface area contributed by atoms with Crippen LogP contribution in [0.3, 0.4) is 0 Å². The van der Waals surface area contributed by atoms with Gasteiger partial charge in [-0.15, -0.1) is 0 Å². The lowest BCUT2D eigenvalue weighted by Crippen LogP contribution is -2.30. The van der Waals surface area contributed by atoms with Crippen molar-refractivity contribution in [2.75, 3.05) is 10.6 Å². The predicted octanol–water partition coefficient (Wildman–Crippen LogP) is 4.58. The van der Waals surface area contributed by atoms with Crippen LogP contribution in [0.15, 0.2) is 78.9 Å². The summed E-state index contributed by atoms with van der Waals surface area (Å²) >= 11 is 0. The first-order chi connectivity index (χ1) is 14.0. The lowest BCUT2D eigenvalue weighted by molar-refractivity contribution is -0.122. The number of hydrogen-bond acceptors (Lipinski definition) is 3. The fourth-order valence-corrected chi connectivity index (χ4v) is 2.78. The standard InChI is InChI=1S/C24H24N2O3/c1-17-11-13-22(14-12-17)29-18(2)24(28)26-21-10-6-9-20(16-21)25-23(27)15-19-7-4-3-5-8-19/h3-14,16,18H,15H2,1-2H3,(H,25,27)(H,26,28). The highest BCUT2D eigenvalue weighted by molar-refractivity contribution is 5.96. The summed E-state index contributed by atoms with van der Waals surface area (Å²) in [6, 6.07) is 24.1. The second-order valence-electron chi connectivity index (χ2n) is 6.85. The maximum atomic E-state index is 12.4. The molecule has 0 saturated heterocycles. The molecule has 0 heterocycles. The molecule has 1 unspecified atom stereocenters. The molecular weight excluding hydrogens is 364 g/mol. The van der Waals surface area contributed by atoms with E-state index in [9.17, 15) is 9.59 Å². The molecule has 0 spiro atoms. The summed E-state index contributed by atoms with van der Waals surface area (Å²) in [7, 11) is 0. The summed E-state index contributed by atoms with van der Waals surface area (Å²) in [5, 5.41) is 5.68. The summed E-state index contributed by atoms with van der Waals surface area (Å²) in [4.78, 5) is 24.7. The van der Waals surface area contributed by atoms with Crippen molar-refractivity contribution in [1.82, 2.24) is 0 Å². The van der Waals surface area contributed by atoms with Crippen LogP contribution in [-0.4, -0.2) is 17.9 Å². The largest absolute Gasteiger partial charge is 0.481 e. The van der Waals surface area contributed by atoms with Gasteiger partial charge in [0, 0.05) is 11.4 Å². The molecule has 0 aliphatic heterocycles. The van der Waals surface area contributed by atoms with Crippen molar-refractivity contribution in [3.63, 3.8) is 0 Å². The quantitative estimate of drug-likeness (QED) is 0.622. The molecule has 0 bridgehead atoms. The third kappa shape index (κ3) is 6.21. The van der Waals surface area contributed by atoms with E-state index in [1.54, 1.807) is 31.2 Å². The van der Waals surface area contributed by atoms with E-state index in [1.807, 2.05) is 61.5 Å². The van der Waals surface area contributed by atoms with E-state index in [2.05, 4.69) is 10.6 Å². The van der Waals surface area contributed by atoms with Crippen LogP contribution in [0.2, 0.25) is 0 Å². The maximum absolute atomic E-state index is 12.4. The molecule has 2 N–H and O–H groups in total. The van der Waals surface area contributed by atoms with Gasteiger partial charge in [-0.25, -0.2) is 0 Å². The highest BCUT2D eigenvalue weighted by atomic mass is 16.5. The molecule has 1 atom stereocenters. The second-order valence-corrected chi connectivity index (χ2v) is 6.85. The number of nitrogens with one attached hydrogen (secondary N) is 2. The smallest absolute Gasteiger partial charge is 0.265 e. The number of aryl methyl sites for hydroxylation is 1. The number of rotatable bonds is 7. The van der Waals surface area contributed by atoms with E-state index in [4.69, 9.17) is 4.74 Å². The first-order valence-electron chi connectivity index (χ1n) is 9.47. The molecular formula is C24H24N2O3. The Morgan fingerprint density at radius 2 is 1.52 bits per heavy atom. The van der Waals surface area contributed by atoms with Gasteiger partial charge in [0.25, 0.3) is 5.91 Å². The van der Waals surface area contributed by atoms with Crippen molar-refractivity contribution >= 4 is 23.2 Å².